The van der Waals surface area contributed by atoms with Crippen LogP contribution in [0.5, 0.6) is 5.75 Å². The summed E-state index contributed by atoms with van der Waals surface area (Å²) < 4.78 is 10.6. The van der Waals surface area contributed by atoms with Crippen LogP contribution in [-0.4, -0.2) is 23.2 Å². The molecule has 0 fully saturated rings. The minimum absolute atomic E-state index is 0.0993. The fourth-order valence-electron chi connectivity index (χ4n) is 1.95. The molecular weight excluding hydrogens is 258 g/mol. The molecule has 106 valence electrons. The highest BCUT2D eigenvalue weighted by atomic mass is 16.5. The summed E-state index contributed by atoms with van der Waals surface area (Å²) in [4.78, 5) is 14.9. The highest BCUT2D eigenvalue weighted by molar-refractivity contribution is 5.69. The van der Waals surface area contributed by atoms with E-state index in [2.05, 4.69) is 4.98 Å². The number of benzene rings is 1. The Morgan fingerprint density at radius 3 is 2.60 bits per heavy atom. The number of carboxylic acids is 1. The predicted octanol–water partition coefficient (Wildman–Crippen LogP) is 2.40. The molecule has 0 radical (unpaired) electrons. The van der Waals surface area contributed by atoms with Gasteiger partial charge < -0.3 is 14.3 Å². The zero-order valence-electron chi connectivity index (χ0n) is 11.5. The van der Waals surface area contributed by atoms with E-state index in [1.807, 2.05) is 24.3 Å². The fraction of sp³-hybridized carbons (Fsp3) is 0.333. The number of carbonyl (C=O) groups is 1. The number of ether oxygens (including phenoxy) is 1. The van der Waals surface area contributed by atoms with Gasteiger partial charge in [-0.15, -0.1) is 0 Å². The van der Waals surface area contributed by atoms with Crippen LogP contribution in [0.1, 0.15) is 22.9 Å². The van der Waals surface area contributed by atoms with Gasteiger partial charge in [-0.3, -0.25) is 4.79 Å². The largest absolute Gasteiger partial charge is 0.497 e. The maximum atomic E-state index is 10.7. The van der Waals surface area contributed by atoms with Gasteiger partial charge in [-0.25, -0.2) is 4.98 Å². The van der Waals surface area contributed by atoms with E-state index in [0.29, 0.717) is 23.8 Å². The number of rotatable bonds is 6. The van der Waals surface area contributed by atoms with Crippen LogP contribution in [0, 0.1) is 6.92 Å². The van der Waals surface area contributed by atoms with E-state index in [9.17, 15) is 4.79 Å². The van der Waals surface area contributed by atoms with Crippen molar-refractivity contribution in [3.63, 3.8) is 0 Å². The second-order valence-corrected chi connectivity index (χ2v) is 4.53. The Labute approximate surface area is 117 Å². The van der Waals surface area contributed by atoms with E-state index >= 15 is 0 Å². The summed E-state index contributed by atoms with van der Waals surface area (Å²) in [6, 6.07) is 7.80. The average Bonchev–Trinajstić information content (AvgIpc) is 2.77. The normalized spacial score (nSPS) is 10.5. The topological polar surface area (TPSA) is 72.6 Å². The second kappa shape index (κ2) is 6.23. The Kier molecular flexibility index (Phi) is 4.40. The van der Waals surface area contributed by atoms with Gasteiger partial charge in [-0.2, -0.15) is 0 Å². The molecule has 1 N–H and O–H groups in total. The van der Waals surface area contributed by atoms with Gasteiger partial charge >= 0.3 is 5.97 Å². The van der Waals surface area contributed by atoms with Crippen molar-refractivity contribution in [3.8, 4) is 5.75 Å². The lowest BCUT2D eigenvalue weighted by Crippen LogP contribution is -2.02. The maximum absolute atomic E-state index is 10.7. The predicted molar refractivity (Wildman–Crippen MR) is 73.0 cm³/mol. The Balaban J connectivity index is 1.97. The van der Waals surface area contributed by atoms with Crippen molar-refractivity contribution >= 4 is 5.97 Å². The Bertz CT molecular complexity index is 586. The SMILES string of the molecule is COc1ccc(CCc2nc(CC(=O)O)c(C)o2)cc1. The molecule has 0 atom stereocenters. The molecule has 0 unspecified atom stereocenters. The van der Waals surface area contributed by atoms with Gasteiger partial charge in [0.15, 0.2) is 5.89 Å². The van der Waals surface area contributed by atoms with Crippen LogP contribution in [0.3, 0.4) is 0 Å². The van der Waals surface area contributed by atoms with Gasteiger partial charge in [-0.1, -0.05) is 12.1 Å². The summed E-state index contributed by atoms with van der Waals surface area (Å²) in [5.74, 6) is 1.08. The molecule has 5 nitrogen and oxygen atoms in total. The molecule has 0 spiro atoms. The van der Waals surface area contributed by atoms with Crippen LogP contribution in [0.25, 0.3) is 0 Å². The number of aromatic nitrogens is 1. The van der Waals surface area contributed by atoms with Crippen molar-refractivity contribution in [1.29, 1.82) is 0 Å². The van der Waals surface area contributed by atoms with Crippen molar-refractivity contribution in [1.82, 2.24) is 4.98 Å². The quantitative estimate of drug-likeness (QED) is 0.876. The van der Waals surface area contributed by atoms with Crippen LogP contribution >= 0.6 is 0 Å². The molecule has 0 amide bonds. The van der Waals surface area contributed by atoms with Crippen LogP contribution in [-0.2, 0) is 24.1 Å². The summed E-state index contributed by atoms with van der Waals surface area (Å²) in [7, 11) is 1.63. The summed E-state index contributed by atoms with van der Waals surface area (Å²) in [5, 5.41) is 8.76. The first-order valence-electron chi connectivity index (χ1n) is 6.38. The Hall–Kier alpha value is -2.30. The molecular formula is C15H17NO4. The lowest BCUT2D eigenvalue weighted by Gasteiger charge is -2.01. The average molecular weight is 275 g/mol. The first-order chi connectivity index (χ1) is 9.58. The number of hydrogen-bond donors (Lipinski definition) is 1. The third-order valence-corrected chi connectivity index (χ3v) is 3.04. The van der Waals surface area contributed by atoms with Gasteiger partial charge in [0.1, 0.15) is 11.5 Å². The number of oxazole rings is 1. The van der Waals surface area contributed by atoms with Gasteiger partial charge in [0.2, 0.25) is 0 Å². The van der Waals surface area contributed by atoms with E-state index in [1.54, 1.807) is 14.0 Å². The van der Waals surface area contributed by atoms with E-state index < -0.39 is 5.97 Å². The van der Waals surface area contributed by atoms with Crippen molar-refractivity contribution in [3.05, 3.63) is 47.2 Å². The number of aryl methyl sites for hydroxylation is 3. The van der Waals surface area contributed by atoms with Crippen LogP contribution in [0.2, 0.25) is 0 Å². The summed E-state index contributed by atoms with van der Waals surface area (Å²) in [6.07, 6.45) is 1.33. The summed E-state index contributed by atoms with van der Waals surface area (Å²) in [6.45, 7) is 1.74. The highest BCUT2D eigenvalue weighted by Gasteiger charge is 2.12. The number of nitrogens with zero attached hydrogens (tertiary/aromatic N) is 1. The number of carboxylic acid groups (broad SMARTS) is 1. The lowest BCUT2D eigenvalue weighted by molar-refractivity contribution is -0.136. The van der Waals surface area contributed by atoms with Crippen molar-refractivity contribution in [2.24, 2.45) is 0 Å². The van der Waals surface area contributed by atoms with Gasteiger partial charge in [0.05, 0.1) is 19.2 Å². The molecule has 2 rings (SSSR count). The Morgan fingerprint density at radius 2 is 2.00 bits per heavy atom. The smallest absolute Gasteiger partial charge is 0.309 e. The van der Waals surface area contributed by atoms with Crippen molar-refractivity contribution in [2.45, 2.75) is 26.2 Å². The van der Waals surface area contributed by atoms with E-state index in [4.69, 9.17) is 14.3 Å². The molecule has 0 saturated heterocycles. The van der Waals surface area contributed by atoms with Crippen molar-refractivity contribution < 1.29 is 19.1 Å². The van der Waals surface area contributed by atoms with Gasteiger partial charge in [-0.05, 0) is 31.0 Å². The van der Waals surface area contributed by atoms with Crippen LogP contribution in [0.15, 0.2) is 28.7 Å². The zero-order chi connectivity index (χ0) is 14.5. The molecule has 0 saturated carbocycles. The third kappa shape index (κ3) is 3.60. The molecule has 0 bridgehead atoms. The second-order valence-electron chi connectivity index (χ2n) is 4.53. The van der Waals surface area contributed by atoms with Gasteiger partial charge in [0, 0.05) is 6.42 Å². The molecule has 0 aliphatic carbocycles. The molecule has 0 aliphatic heterocycles. The molecule has 1 aromatic heterocycles. The van der Waals surface area contributed by atoms with E-state index in [1.165, 1.54) is 0 Å². The minimum atomic E-state index is -0.900. The van der Waals surface area contributed by atoms with Crippen LogP contribution < -0.4 is 4.74 Å². The molecule has 2 aromatic rings. The zero-order valence-corrected chi connectivity index (χ0v) is 11.5. The molecule has 5 heteroatoms. The van der Waals surface area contributed by atoms with Crippen molar-refractivity contribution in [2.75, 3.05) is 7.11 Å². The highest BCUT2D eigenvalue weighted by Crippen LogP contribution is 2.15. The molecule has 20 heavy (non-hydrogen) atoms. The summed E-state index contributed by atoms with van der Waals surface area (Å²) in [5.41, 5.74) is 1.66. The van der Waals surface area contributed by atoms with E-state index in [-0.39, 0.29) is 6.42 Å². The number of methoxy groups -OCH3 is 1. The van der Waals surface area contributed by atoms with Crippen LogP contribution in [0.4, 0.5) is 0 Å². The van der Waals surface area contributed by atoms with E-state index in [0.717, 1.165) is 17.7 Å². The standard InChI is InChI=1S/C15H17NO4/c1-10-13(9-15(17)18)16-14(20-10)8-5-11-3-6-12(19-2)7-4-11/h3-4,6-7H,5,8-9H2,1-2H3,(H,17,18). The molecule has 0 aliphatic rings. The fourth-order valence-corrected chi connectivity index (χ4v) is 1.95. The first kappa shape index (κ1) is 14.1. The number of aliphatic carboxylic acids is 1. The molecule has 1 heterocycles. The minimum Gasteiger partial charge on any atom is -0.497 e. The monoisotopic (exact) mass is 275 g/mol. The Morgan fingerprint density at radius 1 is 1.30 bits per heavy atom. The van der Waals surface area contributed by atoms with Gasteiger partial charge in [0.25, 0.3) is 0 Å². The third-order valence-electron chi connectivity index (χ3n) is 3.04. The summed E-state index contributed by atoms with van der Waals surface area (Å²) >= 11 is 0. The number of hydrogen-bond acceptors (Lipinski definition) is 4. The molecule has 1 aromatic carbocycles. The first-order valence-corrected chi connectivity index (χ1v) is 6.38. The lowest BCUT2D eigenvalue weighted by atomic mass is 10.1. The maximum Gasteiger partial charge on any atom is 0.309 e.